The molecule has 1 unspecified atom stereocenters. The summed E-state index contributed by atoms with van der Waals surface area (Å²) in [7, 11) is 6.99. The second kappa shape index (κ2) is 12.5. The zero-order chi connectivity index (χ0) is 32.3. The topological polar surface area (TPSA) is 200 Å². The lowest BCUT2D eigenvalue weighted by molar-refractivity contribution is 0.0633. The number of hydrogen-bond donors (Lipinski definition) is 6. The van der Waals surface area contributed by atoms with E-state index in [9.17, 15) is 19.5 Å². The molecule has 0 radical (unpaired) electrons. The van der Waals surface area contributed by atoms with Crippen molar-refractivity contribution in [3.63, 3.8) is 0 Å². The molecule has 16 heteroatoms. The Bertz CT molecular complexity index is 1670. The average molecular weight is 610 g/mol. The van der Waals surface area contributed by atoms with Crippen LogP contribution in [0, 0.1) is 0 Å². The second-order valence-electron chi connectivity index (χ2n) is 11.4. The summed E-state index contributed by atoms with van der Waals surface area (Å²) in [4.78, 5) is 45.3. The van der Waals surface area contributed by atoms with Gasteiger partial charge in [-0.1, -0.05) is 0 Å². The Hall–Kier alpha value is -5.25. The van der Waals surface area contributed by atoms with Gasteiger partial charge in [0.1, 0.15) is 17.0 Å². The highest BCUT2D eigenvalue weighted by atomic mass is 16.6. The largest absolute Gasteiger partial charge is 0.477 e. The van der Waals surface area contributed by atoms with Gasteiger partial charge in [-0.05, 0) is 39.3 Å². The molecule has 0 saturated heterocycles. The van der Waals surface area contributed by atoms with Crippen molar-refractivity contribution in [1.82, 2.24) is 33.6 Å². The van der Waals surface area contributed by atoms with Crippen LogP contribution in [0.2, 0.25) is 0 Å². The Morgan fingerprint density at radius 3 is 2.05 bits per heavy atom. The first kappa shape index (κ1) is 31.7. The van der Waals surface area contributed by atoms with Crippen molar-refractivity contribution in [2.45, 2.75) is 38.8 Å². The van der Waals surface area contributed by atoms with Gasteiger partial charge in [-0.15, -0.1) is 0 Å². The van der Waals surface area contributed by atoms with Crippen molar-refractivity contribution in [3.05, 3.63) is 54.0 Å². The van der Waals surface area contributed by atoms with E-state index < -0.39 is 23.7 Å². The van der Waals surface area contributed by atoms with Gasteiger partial charge < -0.3 is 49.8 Å². The number of carboxylic acids is 1. The van der Waals surface area contributed by atoms with E-state index in [1.165, 1.54) is 10.6 Å². The minimum atomic E-state index is -1.02. The molecule has 0 bridgehead atoms. The van der Waals surface area contributed by atoms with Gasteiger partial charge in [0.25, 0.3) is 5.91 Å². The second-order valence-corrected chi connectivity index (χ2v) is 11.4. The number of anilines is 5. The Kier molecular flexibility index (Phi) is 9.03. The van der Waals surface area contributed by atoms with E-state index in [0.717, 1.165) is 0 Å². The summed E-state index contributed by atoms with van der Waals surface area (Å²) in [6.07, 6.45) is 6.68. The summed E-state index contributed by atoms with van der Waals surface area (Å²) < 4.78 is 11.9. The molecule has 1 atom stereocenters. The number of aromatic nitrogens is 6. The minimum Gasteiger partial charge on any atom is -0.477 e. The van der Waals surface area contributed by atoms with Crippen LogP contribution in [0.5, 0.6) is 0 Å². The monoisotopic (exact) mass is 609 g/mol. The minimum absolute atomic E-state index is 0.147. The van der Waals surface area contributed by atoms with Crippen LogP contribution >= 0.6 is 0 Å². The number of ether oxygens (including phenoxy) is 1. The number of aromatic carboxylic acids is 1. The standard InChI is InChI=1S/C28H39N11O5/c1-28(2,3)44-27(43)35-22-15-39(7)26(34-22)32-16-10-20(36(4)12-16)23(40)30-9-8-18(29)19-14-38(6)25(33-19)31-17-11-21(24(41)42)37(5)13-17/h10-15,18H,8-9,29H2,1-7H3,(H,30,40)(H,31,33)(H,32,34)(H,35,43)(H,41,42). The van der Waals surface area contributed by atoms with Crippen LogP contribution in [0.25, 0.3) is 0 Å². The van der Waals surface area contributed by atoms with E-state index in [-0.39, 0.29) is 11.6 Å². The van der Waals surface area contributed by atoms with Gasteiger partial charge in [-0.2, -0.15) is 4.98 Å². The highest BCUT2D eigenvalue weighted by molar-refractivity contribution is 5.94. The number of imidazole rings is 2. The number of rotatable bonds is 11. The molecule has 16 nitrogen and oxygen atoms in total. The van der Waals surface area contributed by atoms with Crippen LogP contribution in [0.1, 0.15) is 59.9 Å². The third-order valence-electron chi connectivity index (χ3n) is 6.50. The summed E-state index contributed by atoms with van der Waals surface area (Å²) >= 11 is 0. The molecule has 0 aromatic carbocycles. The van der Waals surface area contributed by atoms with Gasteiger partial charge in [-0.25, -0.2) is 14.6 Å². The summed E-state index contributed by atoms with van der Waals surface area (Å²) in [5.41, 5.74) is 8.15. The number of nitrogens with zero attached hydrogens (tertiary/aromatic N) is 6. The molecule has 0 aliphatic heterocycles. The third-order valence-corrected chi connectivity index (χ3v) is 6.50. The predicted octanol–water partition coefficient (Wildman–Crippen LogP) is 3.18. The van der Waals surface area contributed by atoms with E-state index in [1.54, 1.807) is 93.5 Å². The van der Waals surface area contributed by atoms with Crippen molar-refractivity contribution in [3.8, 4) is 0 Å². The molecule has 4 heterocycles. The fourth-order valence-electron chi connectivity index (χ4n) is 4.38. The average Bonchev–Trinajstić information content (AvgIpc) is 3.65. The number of carbonyl (C=O) groups is 3. The summed E-state index contributed by atoms with van der Waals surface area (Å²) in [6.45, 7) is 5.64. The number of carboxylic acid groups (broad SMARTS) is 1. The van der Waals surface area contributed by atoms with Gasteiger partial charge >= 0.3 is 12.1 Å². The number of carbonyl (C=O) groups excluding carboxylic acids is 2. The quantitative estimate of drug-likeness (QED) is 0.147. The van der Waals surface area contributed by atoms with Crippen molar-refractivity contribution >= 4 is 47.1 Å². The van der Waals surface area contributed by atoms with Crippen LogP contribution in [-0.2, 0) is 32.9 Å². The van der Waals surface area contributed by atoms with Gasteiger partial charge in [0.15, 0.2) is 5.82 Å². The molecule has 0 saturated carbocycles. The third kappa shape index (κ3) is 7.77. The molecule has 4 aromatic rings. The molecule has 2 amide bonds. The summed E-state index contributed by atoms with van der Waals surface area (Å²) in [6, 6.07) is 2.77. The zero-order valence-corrected chi connectivity index (χ0v) is 25.8. The number of hydrogen-bond acceptors (Lipinski definition) is 9. The molecule has 4 rings (SSSR count). The lowest BCUT2D eigenvalue weighted by Gasteiger charge is -2.18. The Labute approximate surface area is 254 Å². The van der Waals surface area contributed by atoms with Gasteiger partial charge in [0, 0.05) is 59.5 Å². The van der Waals surface area contributed by atoms with Crippen LogP contribution in [0.15, 0.2) is 36.9 Å². The van der Waals surface area contributed by atoms with E-state index >= 15 is 0 Å². The predicted molar refractivity (Wildman–Crippen MR) is 165 cm³/mol. The Balaban J connectivity index is 1.30. The van der Waals surface area contributed by atoms with Gasteiger partial charge in [0.2, 0.25) is 11.9 Å². The highest BCUT2D eigenvalue weighted by Crippen LogP contribution is 2.23. The first-order chi connectivity index (χ1) is 20.6. The van der Waals surface area contributed by atoms with Crippen LogP contribution < -0.4 is 27.0 Å². The molecule has 7 N–H and O–H groups in total. The summed E-state index contributed by atoms with van der Waals surface area (Å²) in [5, 5.41) is 21.0. The fraction of sp³-hybridized carbons (Fsp3) is 0.393. The van der Waals surface area contributed by atoms with Crippen LogP contribution in [-0.4, -0.2) is 63.5 Å². The van der Waals surface area contributed by atoms with E-state index in [4.69, 9.17) is 10.5 Å². The molecule has 0 spiro atoms. The molecule has 0 aliphatic rings. The first-order valence-electron chi connectivity index (χ1n) is 13.8. The van der Waals surface area contributed by atoms with E-state index in [1.807, 2.05) is 0 Å². The van der Waals surface area contributed by atoms with E-state index in [0.29, 0.717) is 53.4 Å². The fourth-order valence-corrected chi connectivity index (χ4v) is 4.38. The molecule has 236 valence electrons. The maximum atomic E-state index is 12.9. The highest BCUT2D eigenvalue weighted by Gasteiger charge is 2.19. The zero-order valence-electron chi connectivity index (χ0n) is 25.8. The van der Waals surface area contributed by atoms with Crippen molar-refractivity contribution in [2.75, 3.05) is 22.5 Å². The lowest BCUT2D eigenvalue weighted by atomic mass is 10.1. The Morgan fingerprint density at radius 1 is 0.886 bits per heavy atom. The molecule has 4 aromatic heterocycles. The van der Waals surface area contributed by atoms with Crippen LogP contribution in [0.4, 0.5) is 33.9 Å². The SMILES string of the molecule is Cn1cc(Nc2nc(C(N)CCNC(=O)c3cc(Nc4nc(NC(=O)OC(C)(C)C)cn4C)cn3C)cn2C)cc1C(=O)O. The van der Waals surface area contributed by atoms with Crippen molar-refractivity contribution < 1.29 is 24.2 Å². The molecule has 0 aliphatic carbocycles. The number of nitrogens with two attached hydrogens (primary N) is 1. The Morgan fingerprint density at radius 2 is 1.45 bits per heavy atom. The molecule has 0 fully saturated rings. The maximum Gasteiger partial charge on any atom is 0.413 e. The lowest BCUT2D eigenvalue weighted by Crippen LogP contribution is -2.28. The molecule has 44 heavy (non-hydrogen) atoms. The van der Waals surface area contributed by atoms with Crippen molar-refractivity contribution in [1.29, 1.82) is 0 Å². The normalized spacial score (nSPS) is 12.1. The van der Waals surface area contributed by atoms with Gasteiger partial charge in [-0.3, -0.25) is 10.1 Å². The smallest absolute Gasteiger partial charge is 0.413 e. The maximum absolute atomic E-state index is 12.9. The van der Waals surface area contributed by atoms with E-state index in [2.05, 4.69) is 31.2 Å². The van der Waals surface area contributed by atoms with Crippen LogP contribution in [0.3, 0.4) is 0 Å². The van der Waals surface area contributed by atoms with Gasteiger partial charge in [0.05, 0.1) is 23.1 Å². The van der Waals surface area contributed by atoms with Crippen molar-refractivity contribution in [2.24, 2.45) is 33.9 Å². The first-order valence-corrected chi connectivity index (χ1v) is 13.8. The summed E-state index contributed by atoms with van der Waals surface area (Å²) in [5.74, 6) is -0.0201. The number of aryl methyl sites for hydroxylation is 4. The number of nitrogens with one attached hydrogen (secondary N) is 4. The number of amides is 2. The molecular formula is C28H39N11O5. The molecular weight excluding hydrogens is 570 g/mol.